The second kappa shape index (κ2) is 7.34. The van der Waals surface area contributed by atoms with Gasteiger partial charge in [0.25, 0.3) is 5.91 Å². The van der Waals surface area contributed by atoms with Gasteiger partial charge in [0.05, 0.1) is 12.1 Å². The Kier molecular flexibility index (Phi) is 4.87. The van der Waals surface area contributed by atoms with E-state index in [2.05, 4.69) is 11.9 Å². The summed E-state index contributed by atoms with van der Waals surface area (Å²) >= 11 is 0. The molecule has 2 N–H and O–H groups in total. The second-order valence-electron chi connectivity index (χ2n) is 8.14. The van der Waals surface area contributed by atoms with Gasteiger partial charge in [-0.15, -0.1) is 0 Å². The molecule has 6 nitrogen and oxygen atoms in total. The van der Waals surface area contributed by atoms with Crippen molar-refractivity contribution in [3.05, 3.63) is 41.1 Å². The third-order valence-corrected chi connectivity index (χ3v) is 6.11. The van der Waals surface area contributed by atoms with Crippen LogP contribution in [0.4, 0.5) is 0 Å². The van der Waals surface area contributed by atoms with E-state index in [4.69, 9.17) is 5.73 Å². The molecular weight excluding hydrogens is 354 g/mol. The van der Waals surface area contributed by atoms with Gasteiger partial charge in [-0.05, 0) is 47.9 Å². The van der Waals surface area contributed by atoms with E-state index in [1.54, 1.807) is 0 Å². The van der Waals surface area contributed by atoms with E-state index in [0.29, 0.717) is 11.4 Å². The minimum atomic E-state index is -0.539. The minimum Gasteiger partial charge on any atom is -0.364 e. The number of hydrogen-bond donors (Lipinski definition) is 1. The van der Waals surface area contributed by atoms with Crippen molar-refractivity contribution in [2.75, 3.05) is 0 Å². The lowest BCUT2D eigenvalue weighted by atomic mass is 9.78. The zero-order chi connectivity index (χ0) is 19.8. The molecule has 2 heterocycles. The first-order valence-electron chi connectivity index (χ1n) is 9.99. The number of primary amides is 1. The Balaban J connectivity index is 1.72. The number of hydrogen-bond acceptors (Lipinski definition) is 4. The Morgan fingerprint density at radius 3 is 2.43 bits per heavy atom. The molecule has 1 aromatic carbocycles. The lowest BCUT2D eigenvalue weighted by molar-refractivity contribution is -0.139. The molecule has 0 bridgehead atoms. The summed E-state index contributed by atoms with van der Waals surface area (Å²) in [7, 11) is 0. The van der Waals surface area contributed by atoms with Crippen LogP contribution < -0.4 is 5.73 Å². The fraction of sp³-hybridized carbons (Fsp3) is 0.455. The van der Waals surface area contributed by atoms with Crippen LogP contribution in [0.5, 0.6) is 0 Å². The fourth-order valence-electron chi connectivity index (χ4n) is 4.42. The predicted octanol–water partition coefficient (Wildman–Crippen LogP) is 3.28. The van der Waals surface area contributed by atoms with E-state index >= 15 is 0 Å². The average molecular weight is 379 g/mol. The molecular formula is C22H25N3O3. The molecule has 6 heteroatoms. The molecule has 0 atom stereocenters. The standard InChI is InChI=1S/C22H25N3O3/c1-13-2-5-15(6-3-13)17-11-19(22(23)28)24-18-10-14(4-7-16(17)18)12-25-20(26)8-9-21(25)27/h4,7,10-11,13,15H,2-3,5-6,8-9,12H2,1H3,(H2,23,28). The lowest BCUT2D eigenvalue weighted by Gasteiger charge is -2.27. The van der Waals surface area contributed by atoms with Crippen LogP contribution in [-0.4, -0.2) is 27.6 Å². The molecule has 1 aromatic heterocycles. The van der Waals surface area contributed by atoms with Crippen molar-refractivity contribution >= 4 is 28.6 Å². The van der Waals surface area contributed by atoms with Crippen molar-refractivity contribution in [1.29, 1.82) is 0 Å². The van der Waals surface area contributed by atoms with Crippen LogP contribution in [0, 0.1) is 5.92 Å². The van der Waals surface area contributed by atoms with E-state index in [0.717, 1.165) is 35.3 Å². The molecule has 0 radical (unpaired) electrons. The number of amides is 3. The van der Waals surface area contributed by atoms with Crippen LogP contribution in [0.2, 0.25) is 0 Å². The number of imide groups is 1. The van der Waals surface area contributed by atoms with E-state index in [9.17, 15) is 14.4 Å². The molecule has 4 rings (SSSR count). The summed E-state index contributed by atoms with van der Waals surface area (Å²) < 4.78 is 0. The van der Waals surface area contributed by atoms with Gasteiger partial charge in [-0.25, -0.2) is 4.98 Å². The summed E-state index contributed by atoms with van der Waals surface area (Å²) in [6.07, 6.45) is 5.10. The van der Waals surface area contributed by atoms with Gasteiger partial charge in [-0.2, -0.15) is 0 Å². The Hall–Kier alpha value is -2.76. The van der Waals surface area contributed by atoms with E-state index in [1.807, 2.05) is 24.3 Å². The largest absolute Gasteiger partial charge is 0.364 e. The summed E-state index contributed by atoms with van der Waals surface area (Å²) in [6, 6.07) is 7.66. The van der Waals surface area contributed by atoms with Gasteiger partial charge < -0.3 is 5.73 Å². The minimum absolute atomic E-state index is 0.138. The summed E-state index contributed by atoms with van der Waals surface area (Å²) in [6.45, 7) is 2.52. The van der Waals surface area contributed by atoms with Crippen LogP contribution in [0.25, 0.3) is 10.9 Å². The second-order valence-corrected chi connectivity index (χ2v) is 8.14. The first-order chi connectivity index (χ1) is 13.4. The normalized spacial score (nSPS) is 22.8. The van der Waals surface area contributed by atoms with Crippen molar-refractivity contribution in [2.24, 2.45) is 11.7 Å². The maximum atomic E-state index is 11.9. The zero-order valence-electron chi connectivity index (χ0n) is 16.1. The maximum Gasteiger partial charge on any atom is 0.267 e. The van der Waals surface area contributed by atoms with Crippen molar-refractivity contribution in [1.82, 2.24) is 9.88 Å². The van der Waals surface area contributed by atoms with Crippen LogP contribution in [0.3, 0.4) is 0 Å². The third-order valence-electron chi connectivity index (χ3n) is 6.11. The number of likely N-dealkylation sites (tertiary alicyclic amines) is 1. The summed E-state index contributed by atoms with van der Waals surface area (Å²) in [4.78, 5) is 41.4. The smallest absolute Gasteiger partial charge is 0.267 e. The molecule has 1 aliphatic heterocycles. The Labute approximate surface area is 164 Å². The fourth-order valence-corrected chi connectivity index (χ4v) is 4.42. The SMILES string of the molecule is CC1CCC(c2cc(C(N)=O)nc3cc(CN4C(=O)CCC4=O)ccc23)CC1. The number of benzene rings is 1. The first kappa shape index (κ1) is 18.6. The van der Waals surface area contributed by atoms with E-state index in [1.165, 1.54) is 17.7 Å². The Morgan fingerprint density at radius 2 is 1.79 bits per heavy atom. The van der Waals surface area contributed by atoms with Crippen molar-refractivity contribution in [3.63, 3.8) is 0 Å². The topological polar surface area (TPSA) is 93.4 Å². The van der Waals surface area contributed by atoms with Gasteiger partial charge >= 0.3 is 0 Å². The molecule has 2 aliphatic rings. The molecule has 1 saturated heterocycles. The number of nitrogens with two attached hydrogens (primary N) is 1. The van der Waals surface area contributed by atoms with Crippen LogP contribution in [0.15, 0.2) is 24.3 Å². The first-order valence-corrected chi connectivity index (χ1v) is 9.99. The Morgan fingerprint density at radius 1 is 1.11 bits per heavy atom. The molecule has 3 amide bonds. The van der Waals surface area contributed by atoms with Gasteiger partial charge in [0, 0.05) is 18.2 Å². The highest BCUT2D eigenvalue weighted by atomic mass is 16.2. The molecule has 0 spiro atoms. The number of rotatable bonds is 4. The maximum absolute atomic E-state index is 11.9. The third kappa shape index (κ3) is 3.51. The quantitative estimate of drug-likeness (QED) is 0.825. The predicted molar refractivity (Wildman–Crippen MR) is 105 cm³/mol. The van der Waals surface area contributed by atoms with Gasteiger partial charge in [0.1, 0.15) is 5.69 Å². The molecule has 1 aliphatic carbocycles. The summed E-state index contributed by atoms with van der Waals surface area (Å²) in [5, 5.41) is 1.02. The molecule has 0 unspecified atom stereocenters. The average Bonchev–Trinajstić information content (AvgIpc) is 2.99. The molecule has 2 aromatic rings. The zero-order valence-corrected chi connectivity index (χ0v) is 16.1. The van der Waals surface area contributed by atoms with E-state index in [-0.39, 0.29) is 36.9 Å². The van der Waals surface area contributed by atoms with Crippen LogP contribution in [-0.2, 0) is 16.1 Å². The molecule has 146 valence electrons. The number of nitrogens with zero attached hydrogens (tertiary/aromatic N) is 2. The number of fused-ring (bicyclic) bond motifs is 1. The highest BCUT2D eigenvalue weighted by molar-refractivity contribution is 6.02. The highest BCUT2D eigenvalue weighted by Gasteiger charge is 2.29. The highest BCUT2D eigenvalue weighted by Crippen LogP contribution is 2.38. The van der Waals surface area contributed by atoms with E-state index < -0.39 is 5.91 Å². The van der Waals surface area contributed by atoms with Crippen LogP contribution >= 0.6 is 0 Å². The van der Waals surface area contributed by atoms with Gasteiger partial charge in [0.2, 0.25) is 11.8 Å². The Bertz CT molecular complexity index is 945. The molecule has 1 saturated carbocycles. The van der Waals surface area contributed by atoms with Gasteiger partial charge in [-0.1, -0.05) is 31.9 Å². The van der Waals surface area contributed by atoms with Crippen molar-refractivity contribution in [2.45, 2.75) is 57.9 Å². The van der Waals surface area contributed by atoms with Crippen molar-refractivity contribution in [3.8, 4) is 0 Å². The molecule has 28 heavy (non-hydrogen) atoms. The molecule has 2 fully saturated rings. The number of pyridine rings is 1. The number of carbonyl (C=O) groups is 3. The number of carbonyl (C=O) groups excluding carboxylic acids is 3. The lowest BCUT2D eigenvalue weighted by Crippen LogP contribution is -2.28. The number of aromatic nitrogens is 1. The summed E-state index contributed by atoms with van der Waals surface area (Å²) in [5.74, 6) is 0.319. The summed E-state index contributed by atoms with van der Waals surface area (Å²) in [5.41, 5.74) is 8.46. The van der Waals surface area contributed by atoms with Gasteiger partial charge in [-0.3, -0.25) is 19.3 Å². The van der Waals surface area contributed by atoms with Crippen molar-refractivity contribution < 1.29 is 14.4 Å². The monoisotopic (exact) mass is 379 g/mol. The van der Waals surface area contributed by atoms with Gasteiger partial charge in [0.15, 0.2) is 0 Å². The van der Waals surface area contributed by atoms with Crippen LogP contribution in [0.1, 0.15) is 73.0 Å².